The minimum Gasteiger partial charge on any atom is -0.375 e. The minimum atomic E-state index is -0.159. The summed E-state index contributed by atoms with van der Waals surface area (Å²) in [6.45, 7) is 3.89. The first kappa shape index (κ1) is 25.0. The Hall–Kier alpha value is -2.09. The average molecular weight is 508 g/mol. The van der Waals surface area contributed by atoms with Crippen molar-refractivity contribution < 1.29 is 19.1 Å². The first-order chi connectivity index (χ1) is 16.3. The SMILES string of the molecule is O=C(C=Cc1ccc(Cl)c(Cl)c1)N1CCC(=O)N(CCC(=O)N2CCC3(CCCO3)CC2)CC1. The van der Waals surface area contributed by atoms with Gasteiger partial charge in [0.05, 0.1) is 15.6 Å². The first-order valence-corrected chi connectivity index (χ1v) is 12.7. The predicted molar refractivity (Wildman–Crippen MR) is 132 cm³/mol. The fourth-order valence-electron chi connectivity index (χ4n) is 4.91. The van der Waals surface area contributed by atoms with Crippen molar-refractivity contribution >= 4 is 47.0 Å². The molecule has 3 aliphatic heterocycles. The molecule has 0 unspecified atom stereocenters. The molecule has 9 heteroatoms. The molecule has 184 valence electrons. The molecular weight excluding hydrogens is 477 g/mol. The summed E-state index contributed by atoms with van der Waals surface area (Å²) in [5, 5.41) is 0.888. The molecule has 1 aromatic carbocycles. The number of piperidine rings is 1. The predicted octanol–water partition coefficient (Wildman–Crippen LogP) is 3.63. The van der Waals surface area contributed by atoms with Crippen molar-refractivity contribution in [3.63, 3.8) is 0 Å². The Labute approximate surface area is 210 Å². The molecule has 1 aromatic rings. The van der Waals surface area contributed by atoms with Crippen molar-refractivity contribution in [3.8, 4) is 0 Å². The topological polar surface area (TPSA) is 70.2 Å². The number of carbonyl (C=O) groups is 3. The number of likely N-dealkylation sites (tertiary alicyclic amines) is 1. The van der Waals surface area contributed by atoms with Crippen LogP contribution in [0.2, 0.25) is 10.0 Å². The van der Waals surface area contributed by atoms with E-state index < -0.39 is 0 Å². The molecule has 3 aliphatic rings. The van der Waals surface area contributed by atoms with E-state index in [0.29, 0.717) is 42.6 Å². The van der Waals surface area contributed by atoms with Crippen molar-refractivity contribution in [1.82, 2.24) is 14.7 Å². The lowest BCUT2D eigenvalue weighted by Gasteiger charge is -2.38. The molecule has 0 atom stereocenters. The number of hydrogen-bond acceptors (Lipinski definition) is 4. The van der Waals surface area contributed by atoms with Crippen LogP contribution in [-0.4, -0.2) is 83.9 Å². The third-order valence-corrected chi connectivity index (χ3v) is 7.81. The third-order valence-electron chi connectivity index (χ3n) is 7.07. The minimum absolute atomic E-state index is 0.0121. The van der Waals surface area contributed by atoms with Gasteiger partial charge in [0.25, 0.3) is 0 Å². The normalized spacial score (nSPS) is 20.9. The van der Waals surface area contributed by atoms with E-state index in [9.17, 15) is 14.4 Å². The van der Waals surface area contributed by atoms with Crippen molar-refractivity contribution in [3.05, 3.63) is 39.9 Å². The van der Waals surface area contributed by atoms with Gasteiger partial charge in [-0.15, -0.1) is 0 Å². The second-order valence-corrected chi connectivity index (χ2v) is 10.0. The zero-order chi connectivity index (χ0) is 24.1. The maximum atomic E-state index is 12.7. The van der Waals surface area contributed by atoms with E-state index >= 15 is 0 Å². The molecule has 0 aromatic heterocycles. The Balaban J connectivity index is 1.24. The molecule has 3 heterocycles. The maximum absolute atomic E-state index is 12.7. The van der Waals surface area contributed by atoms with Crippen LogP contribution in [-0.2, 0) is 19.1 Å². The largest absolute Gasteiger partial charge is 0.375 e. The second-order valence-electron chi connectivity index (χ2n) is 9.23. The maximum Gasteiger partial charge on any atom is 0.246 e. The number of halogens is 2. The summed E-state index contributed by atoms with van der Waals surface area (Å²) < 4.78 is 5.94. The highest BCUT2D eigenvalue weighted by Crippen LogP contribution is 2.35. The van der Waals surface area contributed by atoms with Crippen LogP contribution >= 0.6 is 23.2 Å². The number of amides is 3. The molecule has 1 spiro atoms. The highest BCUT2D eigenvalue weighted by Gasteiger charge is 2.39. The molecule has 4 rings (SSSR count). The zero-order valence-corrected chi connectivity index (χ0v) is 20.8. The molecule has 3 fully saturated rings. The molecule has 0 N–H and O–H groups in total. The van der Waals surface area contributed by atoms with Gasteiger partial charge < -0.3 is 19.4 Å². The highest BCUT2D eigenvalue weighted by molar-refractivity contribution is 6.42. The van der Waals surface area contributed by atoms with Crippen LogP contribution < -0.4 is 0 Å². The van der Waals surface area contributed by atoms with Crippen LogP contribution in [0.15, 0.2) is 24.3 Å². The average Bonchev–Trinajstić information content (AvgIpc) is 3.20. The standard InChI is InChI=1S/C25H31Cl2N3O4/c26-20-4-2-19(18-21(20)27)3-5-22(31)28-11-6-23(32)29(16-15-28)12-7-24(33)30-13-9-25(10-14-30)8-1-17-34-25/h2-5,18H,1,6-17H2. The van der Waals surface area contributed by atoms with E-state index in [4.69, 9.17) is 27.9 Å². The fourth-order valence-corrected chi connectivity index (χ4v) is 5.22. The second kappa shape index (κ2) is 11.1. The van der Waals surface area contributed by atoms with Gasteiger partial charge in [-0.2, -0.15) is 0 Å². The monoisotopic (exact) mass is 507 g/mol. The van der Waals surface area contributed by atoms with Crippen molar-refractivity contribution in [2.75, 3.05) is 45.9 Å². The first-order valence-electron chi connectivity index (χ1n) is 12.0. The van der Waals surface area contributed by atoms with Gasteiger partial charge in [0.15, 0.2) is 0 Å². The Morgan fingerprint density at radius 2 is 1.79 bits per heavy atom. The van der Waals surface area contributed by atoms with E-state index in [1.807, 2.05) is 4.90 Å². The van der Waals surface area contributed by atoms with E-state index in [0.717, 1.165) is 50.9 Å². The van der Waals surface area contributed by atoms with Crippen LogP contribution in [0.4, 0.5) is 0 Å². The molecule has 0 bridgehead atoms. The molecule has 0 radical (unpaired) electrons. The van der Waals surface area contributed by atoms with Gasteiger partial charge >= 0.3 is 0 Å². The Bertz CT molecular complexity index is 951. The van der Waals surface area contributed by atoms with E-state index in [-0.39, 0.29) is 29.7 Å². The van der Waals surface area contributed by atoms with E-state index in [1.165, 1.54) is 6.08 Å². The van der Waals surface area contributed by atoms with Gasteiger partial charge in [-0.05, 0) is 49.5 Å². The number of nitrogens with zero attached hydrogens (tertiary/aromatic N) is 3. The molecule has 7 nitrogen and oxygen atoms in total. The van der Waals surface area contributed by atoms with Gasteiger partial charge in [-0.1, -0.05) is 29.3 Å². The number of hydrogen-bond donors (Lipinski definition) is 0. The van der Waals surface area contributed by atoms with Gasteiger partial charge in [0, 0.05) is 64.8 Å². The number of ether oxygens (including phenoxy) is 1. The third kappa shape index (κ3) is 6.12. The summed E-state index contributed by atoms with van der Waals surface area (Å²) >= 11 is 12.0. The number of benzene rings is 1. The van der Waals surface area contributed by atoms with Crippen LogP contribution in [0.25, 0.3) is 6.08 Å². The molecule has 0 saturated carbocycles. The van der Waals surface area contributed by atoms with Crippen LogP contribution in [0, 0.1) is 0 Å². The lowest BCUT2D eigenvalue weighted by atomic mass is 9.88. The van der Waals surface area contributed by atoms with Crippen molar-refractivity contribution in [1.29, 1.82) is 0 Å². The van der Waals surface area contributed by atoms with E-state index in [2.05, 4.69) is 0 Å². The molecule has 3 amide bonds. The summed E-state index contributed by atoms with van der Waals surface area (Å²) in [5.74, 6) is -0.0934. The molecule has 0 aliphatic carbocycles. The van der Waals surface area contributed by atoms with Crippen molar-refractivity contribution in [2.45, 2.75) is 44.1 Å². The van der Waals surface area contributed by atoms with Gasteiger partial charge in [0.2, 0.25) is 17.7 Å². The molecule has 3 saturated heterocycles. The lowest BCUT2D eigenvalue weighted by molar-refractivity contribution is -0.137. The molecular formula is C25H31Cl2N3O4. The molecule has 34 heavy (non-hydrogen) atoms. The van der Waals surface area contributed by atoms with Crippen LogP contribution in [0.3, 0.4) is 0 Å². The summed E-state index contributed by atoms with van der Waals surface area (Å²) in [6, 6.07) is 5.16. The van der Waals surface area contributed by atoms with Crippen LogP contribution in [0.1, 0.15) is 44.1 Å². The smallest absolute Gasteiger partial charge is 0.246 e. The summed E-state index contributed by atoms with van der Waals surface area (Å²) in [5.41, 5.74) is 0.763. The highest BCUT2D eigenvalue weighted by atomic mass is 35.5. The Morgan fingerprint density at radius 1 is 1.00 bits per heavy atom. The zero-order valence-electron chi connectivity index (χ0n) is 19.3. The quantitative estimate of drug-likeness (QED) is 0.570. The summed E-state index contributed by atoms with van der Waals surface area (Å²) in [7, 11) is 0. The number of rotatable bonds is 5. The number of carbonyl (C=O) groups excluding carboxylic acids is 3. The Morgan fingerprint density at radius 3 is 2.50 bits per heavy atom. The van der Waals surface area contributed by atoms with Gasteiger partial charge in [-0.3, -0.25) is 14.4 Å². The fraction of sp³-hybridized carbons (Fsp3) is 0.560. The van der Waals surface area contributed by atoms with Crippen LogP contribution in [0.5, 0.6) is 0 Å². The van der Waals surface area contributed by atoms with Gasteiger partial charge in [0.1, 0.15) is 0 Å². The van der Waals surface area contributed by atoms with Gasteiger partial charge in [-0.25, -0.2) is 0 Å². The van der Waals surface area contributed by atoms with Crippen molar-refractivity contribution in [2.24, 2.45) is 0 Å². The summed E-state index contributed by atoms with van der Waals surface area (Å²) in [4.78, 5) is 43.2. The Kier molecular flexibility index (Phi) is 8.17. The lowest BCUT2D eigenvalue weighted by Crippen LogP contribution is -2.47. The summed E-state index contributed by atoms with van der Waals surface area (Å²) in [6.07, 6.45) is 7.73. The van der Waals surface area contributed by atoms with E-state index in [1.54, 1.807) is 34.1 Å².